The van der Waals surface area contributed by atoms with Crippen molar-refractivity contribution in [1.29, 1.82) is 5.26 Å². The van der Waals surface area contributed by atoms with Gasteiger partial charge in [0.25, 0.3) is 5.82 Å². The third kappa shape index (κ3) is 2.50. The molecule has 0 atom stereocenters. The Morgan fingerprint density at radius 3 is 2.95 bits per heavy atom. The van der Waals surface area contributed by atoms with Crippen LogP contribution in [0, 0.1) is 11.3 Å². The number of nitrogens with one attached hydrogen (secondary N) is 2. The molecular formula is C17H17N4+. The van der Waals surface area contributed by atoms with Gasteiger partial charge in [-0.3, -0.25) is 5.32 Å². The highest BCUT2D eigenvalue weighted by molar-refractivity contribution is 5.95. The third-order valence-electron chi connectivity index (χ3n) is 3.56. The molecule has 21 heavy (non-hydrogen) atoms. The van der Waals surface area contributed by atoms with Crippen molar-refractivity contribution in [2.24, 2.45) is 0 Å². The molecule has 0 aliphatic carbocycles. The Kier molecular flexibility index (Phi) is 3.65. The molecule has 0 saturated carbocycles. The normalized spacial score (nSPS) is 10.7. The average Bonchev–Trinajstić information content (AvgIpc) is 2.53. The quantitative estimate of drug-likeness (QED) is 0.588. The summed E-state index contributed by atoms with van der Waals surface area (Å²) in [5.41, 5.74) is 2.23. The van der Waals surface area contributed by atoms with Crippen LogP contribution in [-0.4, -0.2) is 11.5 Å². The number of benzene rings is 1. The molecule has 0 bridgehead atoms. The smallest absolute Gasteiger partial charge is 0.273 e. The van der Waals surface area contributed by atoms with Gasteiger partial charge >= 0.3 is 0 Å². The summed E-state index contributed by atoms with van der Waals surface area (Å²) in [7, 11) is 0. The molecular weight excluding hydrogens is 260 g/mol. The third-order valence-corrected chi connectivity index (χ3v) is 3.56. The van der Waals surface area contributed by atoms with Gasteiger partial charge in [0.05, 0.1) is 18.3 Å². The lowest BCUT2D eigenvalue weighted by Crippen LogP contribution is -2.16. The Morgan fingerprint density at radius 1 is 1.29 bits per heavy atom. The van der Waals surface area contributed by atoms with Crippen LogP contribution in [-0.2, 0) is 0 Å². The van der Waals surface area contributed by atoms with Crippen LogP contribution >= 0.6 is 0 Å². The van der Waals surface area contributed by atoms with E-state index in [-0.39, 0.29) is 0 Å². The van der Waals surface area contributed by atoms with Gasteiger partial charge in [0, 0.05) is 10.8 Å². The highest BCUT2D eigenvalue weighted by atomic mass is 15.0. The summed E-state index contributed by atoms with van der Waals surface area (Å²) < 4.78 is 0. The van der Waals surface area contributed by atoms with Gasteiger partial charge < -0.3 is 0 Å². The molecule has 4 heteroatoms. The molecule has 0 fully saturated rings. The first kappa shape index (κ1) is 13.3. The van der Waals surface area contributed by atoms with Crippen LogP contribution in [0.5, 0.6) is 0 Å². The van der Waals surface area contributed by atoms with Crippen molar-refractivity contribution in [3.63, 3.8) is 0 Å². The molecule has 2 N–H and O–H groups in total. The number of pyridine rings is 2. The van der Waals surface area contributed by atoms with Gasteiger partial charge in [-0.1, -0.05) is 31.5 Å². The number of hydrogen-bond acceptors (Lipinski definition) is 3. The second kappa shape index (κ2) is 5.76. The van der Waals surface area contributed by atoms with E-state index < -0.39 is 0 Å². The fourth-order valence-electron chi connectivity index (χ4n) is 2.42. The molecule has 4 nitrogen and oxygen atoms in total. The molecule has 104 valence electrons. The van der Waals surface area contributed by atoms with Crippen LogP contribution in [0.25, 0.3) is 21.8 Å². The summed E-state index contributed by atoms with van der Waals surface area (Å²) >= 11 is 0. The zero-order valence-corrected chi connectivity index (χ0v) is 12.0. The van der Waals surface area contributed by atoms with Crippen molar-refractivity contribution >= 4 is 27.6 Å². The maximum atomic E-state index is 9.50. The van der Waals surface area contributed by atoms with Gasteiger partial charge in [-0.25, -0.2) is 9.97 Å². The first-order valence-corrected chi connectivity index (χ1v) is 7.21. The SMILES string of the molecule is CCCCNc1[nH+]cc2cc3ccccc3nc2c1C#N. The maximum Gasteiger partial charge on any atom is 0.292 e. The fraction of sp³-hybridized carbons (Fsp3) is 0.235. The number of fused-ring (bicyclic) bond motifs is 2. The Labute approximate surface area is 123 Å². The Balaban J connectivity index is 2.15. The molecule has 0 amide bonds. The highest BCUT2D eigenvalue weighted by Gasteiger charge is 2.15. The zero-order valence-electron chi connectivity index (χ0n) is 12.0. The van der Waals surface area contributed by atoms with E-state index in [1.807, 2.05) is 30.5 Å². The first-order chi connectivity index (χ1) is 10.3. The van der Waals surface area contributed by atoms with Crippen molar-refractivity contribution < 1.29 is 4.98 Å². The molecule has 0 aliphatic heterocycles. The average molecular weight is 277 g/mol. The summed E-state index contributed by atoms with van der Waals surface area (Å²) in [5.74, 6) is 0.751. The fourth-order valence-corrected chi connectivity index (χ4v) is 2.42. The molecule has 0 saturated heterocycles. The number of para-hydroxylation sites is 1. The van der Waals surface area contributed by atoms with Crippen LogP contribution in [0.2, 0.25) is 0 Å². The Morgan fingerprint density at radius 2 is 2.14 bits per heavy atom. The lowest BCUT2D eigenvalue weighted by Gasteiger charge is -2.04. The number of nitriles is 1. The zero-order chi connectivity index (χ0) is 14.7. The monoisotopic (exact) mass is 277 g/mol. The lowest BCUT2D eigenvalue weighted by molar-refractivity contribution is -0.359. The number of aromatic nitrogens is 2. The molecule has 3 aromatic rings. The number of nitrogens with zero attached hydrogens (tertiary/aromatic N) is 2. The van der Waals surface area contributed by atoms with Crippen LogP contribution in [0.3, 0.4) is 0 Å². The maximum absolute atomic E-state index is 9.50. The van der Waals surface area contributed by atoms with Crippen LogP contribution in [0.4, 0.5) is 5.82 Å². The van der Waals surface area contributed by atoms with E-state index >= 15 is 0 Å². The number of H-pyrrole nitrogens is 1. The van der Waals surface area contributed by atoms with Gasteiger partial charge in [-0.2, -0.15) is 5.26 Å². The van der Waals surface area contributed by atoms with E-state index in [1.54, 1.807) is 0 Å². The molecule has 2 heterocycles. The van der Waals surface area contributed by atoms with Crippen LogP contribution in [0.15, 0.2) is 36.5 Å². The molecule has 1 aromatic carbocycles. The highest BCUT2D eigenvalue weighted by Crippen LogP contribution is 2.23. The summed E-state index contributed by atoms with van der Waals surface area (Å²) in [5, 5.41) is 14.8. The van der Waals surface area contributed by atoms with Gasteiger partial charge in [0.2, 0.25) is 0 Å². The lowest BCUT2D eigenvalue weighted by atomic mass is 10.1. The summed E-state index contributed by atoms with van der Waals surface area (Å²) in [6, 6.07) is 12.3. The van der Waals surface area contributed by atoms with Crippen LogP contribution < -0.4 is 10.3 Å². The Bertz CT molecular complexity index is 833. The number of rotatable bonds is 4. The number of hydrogen-bond donors (Lipinski definition) is 1. The Hall–Kier alpha value is -2.67. The van der Waals surface area contributed by atoms with E-state index in [4.69, 9.17) is 0 Å². The first-order valence-electron chi connectivity index (χ1n) is 7.21. The van der Waals surface area contributed by atoms with E-state index in [2.05, 4.69) is 34.3 Å². The van der Waals surface area contributed by atoms with Crippen molar-refractivity contribution in [2.75, 3.05) is 11.9 Å². The van der Waals surface area contributed by atoms with E-state index in [9.17, 15) is 5.26 Å². The van der Waals surface area contributed by atoms with Crippen molar-refractivity contribution in [3.8, 4) is 6.07 Å². The molecule has 0 aliphatic rings. The molecule has 0 radical (unpaired) electrons. The standard InChI is InChI=1S/C17H16N4/c1-2-3-8-19-17-14(10-18)16-13(11-20-17)9-12-6-4-5-7-15(12)21-16/h4-7,9,11H,2-3,8H2,1H3,(H,19,20)/p+1. The second-order valence-electron chi connectivity index (χ2n) is 5.05. The minimum atomic E-state index is 0.578. The van der Waals surface area contributed by atoms with Crippen molar-refractivity contribution in [2.45, 2.75) is 19.8 Å². The summed E-state index contributed by atoms with van der Waals surface area (Å²) in [6.07, 6.45) is 4.09. The van der Waals surface area contributed by atoms with Gasteiger partial charge in [-0.05, 0) is 18.6 Å². The van der Waals surface area contributed by atoms with Crippen LogP contribution in [0.1, 0.15) is 25.3 Å². The minimum absolute atomic E-state index is 0.578. The minimum Gasteiger partial charge on any atom is -0.273 e. The molecule has 2 aromatic heterocycles. The predicted molar refractivity (Wildman–Crippen MR) is 83.9 cm³/mol. The van der Waals surface area contributed by atoms with E-state index in [0.717, 1.165) is 47.0 Å². The van der Waals surface area contributed by atoms with E-state index in [0.29, 0.717) is 5.56 Å². The largest absolute Gasteiger partial charge is 0.292 e. The molecule has 0 spiro atoms. The second-order valence-corrected chi connectivity index (χ2v) is 5.05. The summed E-state index contributed by atoms with van der Waals surface area (Å²) in [6.45, 7) is 2.99. The number of aromatic amines is 1. The van der Waals surface area contributed by atoms with Crippen molar-refractivity contribution in [3.05, 3.63) is 42.1 Å². The predicted octanol–water partition coefficient (Wildman–Crippen LogP) is 3.29. The van der Waals surface area contributed by atoms with E-state index in [1.165, 1.54) is 0 Å². The molecule has 0 unspecified atom stereocenters. The number of anilines is 1. The van der Waals surface area contributed by atoms with Gasteiger partial charge in [0.1, 0.15) is 11.6 Å². The molecule has 3 rings (SSSR count). The van der Waals surface area contributed by atoms with Gasteiger partial charge in [-0.15, -0.1) is 0 Å². The summed E-state index contributed by atoms with van der Waals surface area (Å²) in [4.78, 5) is 7.84. The topological polar surface area (TPSA) is 62.9 Å². The van der Waals surface area contributed by atoms with Crippen molar-refractivity contribution in [1.82, 2.24) is 4.98 Å². The number of unbranched alkanes of at least 4 members (excludes halogenated alkanes) is 1. The van der Waals surface area contributed by atoms with Gasteiger partial charge in [0.15, 0.2) is 5.56 Å².